The van der Waals surface area contributed by atoms with Gasteiger partial charge in [0.1, 0.15) is 11.6 Å². The fraction of sp³-hybridized carbons (Fsp3) is 0.893. The Morgan fingerprint density at radius 3 is 1.44 bits per heavy atom. The van der Waals surface area contributed by atoms with E-state index in [0.29, 0.717) is 112 Å². The number of nitrogens with two attached hydrogens (primary N) is 1. The molecule has 0 heterocycles. The number of unbranched alkanes of at least 4 members (excludes halogenated alkanes) is 2. The maximum atomic E-state index is 12.0. The molecule has 11 heteroatoms. The van der Waals surface area contributed by atoms with Gasteiger partial charge >= 0.3 is 0 Å². The van der Waals surface area contributed by atoms with Gasteiger partial charge in [0.2, 0.25) is 5.91 Å². The topological polar surface area (TPSA) is 145 Å². The summed E-state index contributed by atoms with van der Waals surface area (Å²) in [5, 5.41) is 2.82. The van der Waals surface area contributed by atoms with Crippen molar-refractivity contribution in [1.82, 2.24) is 5.32 Å². The molecule has 39 heavy (non-hydrogen) atoms. The smallest absolute Gasteiger partial charge is 0.220 e. The number of carbonyl (C=O) groups excluding carboxylic acids is 3. The van der Waals surface area contributed by atoms with Crippen LogP contribution in [0.25, 0.3) is 0 Å². The third kappa shape index (κ3) is 32.6. The number of hydrogen-bond donors (Lipinski definition) is 2. The van der Waals surface area contributed by atoms with Crippen LogP contribution in [0.4, 0.5) is 0 Å². The predicted octanol–water partition coefficient (Wildman–Crippen LogP) is 2.22. The van der Waals surface area contributed by atoms with Gasteiger partial charge in [-0.25, -0.2) is 0 Å². The zero-order chi connectivity index (χ0) is 28.7. The Bertz CT molecular complexity index is 579. The van der Waals surface area contributed by atoms with Crippen molar-refractivity contribution in [3.8, 4) is 0 Å². The first-order valence-corrected chi connectivity index (χ1v) is 14.5. The molecule has 0 unspecified atom stereocenters. The third-order valence-corrected chi connectivity index (χ3v) is 5.46. The Labute approximate surface area is 235 Å². The van der Waals surface area contributed by atoms with E-state index in [-0.39, 0.29) is 30.3 Å². The largest absolute Gasteiger partial charge is 0.379 e. The molecule has 230 valence electrons. The lowest BCUT2D eigenvalue weighted by atomic mass is 10.1. The summed E-state index contributed by atoms with van der Waals surface area (Å²) in [4.78, 5) is 34.7. The number of nitrogens with one attached hydrogen (secondary N) is 1. The highest BCUT2D eigenvalue weighted by molar-refractivity contribution is 5.84. The van der Waals surface area contributed by atoms with Crippen LogP contribution in [-0.4, -0.2) is 110 Å². The third-order valence-electron chi connectivity index (χ3n) is 5.46. The summed E-state index contributed by atoms with van der Waals surface area (Å²) in [6.07, 6.45) is 6.45. The molecular formula is C28H54N2O9. The van der Waals surface area contributed by atoms with Crippen molar-refractivity contribution in [2.45, 2.75) is 71.1 Å². The van der Waals surface area contributed by atoms with E-state index in [1.807, 2.05) is 0 Å². The molecule has 0 aliphatic rings. The van der Waals surface area contributed by atoms with Crippen LogP contribution in [0.2, 0.25) is 0 Å². The number of hydrogen-bond acceptors (Lipinski definition) is 10. The molecule has 0 rings (SSSR count). The molecule has 0 saturated heterocycles. The van der Waals surface area contributed by atoms with Crippen LogP contribution in [0.1, 0.15) is 71.1 Å². The van der Waals surface area contributed by atoms with Crippen molar-refractivity contribution in [3.63, 3.8) is 0 Å². The van der Waals surface area contributed by atoms with Gasteiger partial charge in [0, 0.05) is 58.7 Å². The van der Waals surface area contributed by atoms with Crippen molar-refractivity contribution in [3.05, 3.63) is 0 Å². The lowest BCUT2D eigenvalue weighted by Crippen LogP contribution is -2.25. The second kappa shape index (κ2) is 31.1. The summed E-state index contributed by atoms with van der Waals surface area (Å²) in [6, 6.07) is 0. The van der Waals surface area contributed by atoms with Crippen LogP contribution in [0.3, 0.4) is 0 Å². The summed E-state index contributed by atoms with van der Waals surface area (Å²) in [7, 11) is 0. The highest BCUT2D eigenvalue weighted by atomic mass is 16.5. The summed E-state index contributed by atoms with van der Waals surface area (Å²) >= 11 is 0. The summed E-state index contributed by atoms with van der Waals surface area (Å²) in [5.41, 5.74) is 5.38. The molecule has 0 bridgehead atoms. The molecule has 0 spiro atoms. The van der Waals surface area contributed by atoms with E-state index in [9.17, 15) is 14.4 Å². The first kappa shape index (κ1) is 37.5. The number of ether oxygens (including phenoxy) is 6. The Morgan fingerprint density at radius 2 is 0.949 bits per heavy atom. The van der Waals surface area contributed by atoms with Gasteiger partial charge in [-0.3, -0.25) is 9.59 Å². The molecule has 0 aromatic carbocycles. The predicted molar refractivity (Wildman–Crippen MR) is 149 cm³/mol. The SMILES string of the molecule is CC(=O)CCCCOCCOCCOCCCNC(=O)CCC(=O)CCCCOCCOCCOCCCN. The standard InChI is InChI=1S/C28H54N2O9/c1-26(31)8-2-4-14-34-18-22-39-25-21-37-17-7-13-30-28(33)11-10-27(32)9-3-5-15-35-19-23-38-24-20-36-16-6-12-29/h2-25,29H2,1H3,(H,30,33). The molecule has 1 amide bonds. The summed E-state index contributed by atoms with van der Waals surface area (Å²) < 4.78 is 32.6. The fourth-order valence-electron chi connectivity index (χ4n) is 3.24. The van der Waals surface area contributed by atoms with Crippen LogP contribution in [0, 0.1) is 0 Å². The Balaban J connectivity index is 3.28. The van der Waals surface area contributed by atoms with Gasteiger partial charge in [0.25, 0.3) is 0 Å². The zero-order valence-electron chi connectivity index (χ0n) is 24.2. The van der Waals surface area contributed by atoms with Gasteiger partial charge < -0.3 is 44.3 Å². The molecule has 0 atom stereocenters. The number of rotatable bonds is 32. The van der Waals surface area contributed by atoms with E-state index >= 15 is 0 Å². The first-order valence-electron chi connectivity index (χ1n) is 14.5. The minimum Gasteiger partial charge on any atom is -0.379 e. The lowest BCUT2D eigenvalue weighted by Gasteiger charge is -2.08. The molecule has 0 fully saturated rings. The molecule has 0 aliphatic heterocycles. The normalized spacial score (nSPS) is 11.1. The maximum Gasteiger partial charge on any atom is 0.220 e. The second-order valence-electron chi connectivity index (χ2n) is 9.17. The molecule has 11 nitrogen and oxygen atoms in total. The Morgan fingerprint density at radius 1 is 0.513 bits per heavy atom. The van der Waals surface area contributed by atoms with Crippen molar-refractivity contribution in [2.75, 3.05) is 92.4 Å². The fourth-order valence-corrected chi connectivity index (χ4v) is 3.24. The number of carbonyl (C=O) groups is 3. The van der Waals surface area contributed by atoms with Crippen LogP contribution in [0.15, 0.2) is 0 Å². The second-order valence-corrected chi connectivity index (χ2v) is 9.17. The minimum atomic E-state index is -0.110. The summed E-state index contributed by atoms with van der Waals surface area (Å²) in [6.45, 7) is 9.39. The van der Waals surface area contributed by atoms with Crippen LogP contribution in [0.5, 0.6) is 0 Å². The van der Waals surface area contributed by atoms with Crippen molar-refractivity contribution in [1.29, 1.82) is 0 Å². The van der Waals surface area contributed by atoms with Gasteiger partial charge in [0.05, 0.1) is 52.9 Å². The Kier molecular flexibility index (Phi) is 29.9. The van der Waals surface area contributed by atoms with Gasteiger partial charge in [-0.2, -0.15) is 0 Å². The highest BCUT2D eigenvalue weighted by Gasteiger charge is 2.07. The van der Waals surface area contributed by atoms with Gasteiger partial charge in [-0.15, -0.1) is 0 Å². The van der Waals surface area contributed by atoms with E-state index in [1.165, 1.54) is 0 Å². The summed E-state index contributed by atoms with van der Waals surface area (Å²) in [5.74, 6) is 0.207. The van der Waals surface area contributed by atoms with Gasteiger partial charge in [-0.1, -0.05) is 0 Å². The molecular weight excluding hydrogens is 508 g/mol. The monoisotopic (exact) mass is 562 g/mol. The van der Waals surface area contributed by atoms with Gasteiger partial charge in [-0.05, 0) is 52.0 Å². The highest BCUT2D eigenvalue weighted by Crippen LogP contribution is 2.02. The van der Waals surface area contributed by atoms with Crippen molar-refractivity contribution < 1.29 is 42.8 Å². The molecule has 3 N–H and O–H groups in total. The van der Waals surface area contributed by atoms with Crippen molar-refractivity contribution >= 4 is 17.5 Å². The molecule has 0 aromatic heterocycles. The van der Waals surface area contributed by atoms with Crippen LogP contribution < -0.4 is 11.1 Å². The molecule has 0 saturated carbocycles. The van der Waals surface area contributed by atoms with Crippen molar-refractivity contribution in [2.24, 2.45) is 5.73 Å². The lowest BCUT2D eigenvalue weighted by molar-refractivity contribution is -0.125. The number of amides is 1. The molecule has 0 aromatic rings. The average Bonchev–Trinajstić information content (AvgIpc) is 2.92. The number of ketones is 2. The van der Waals surface area contributed by atoms with Crippen LogP contribution >= 0.6 is 0 Å². The minimum absolute atomic E-state index is 0.102. The number of Topliss-reactive ketones (excluding diaryl/α,β-unsaturated/α-hetero) is 2. The zero-order valence-corrected chi connectivity index (χ0v) is 24.2. The van der Waals surface area contributed by atoms with E-state index in [4.69, 9.17) is 34.2 Å². The first-order chi connectivity index (χ1) is 19.1. The van der Waals surface area contributed by atoms with E-state index < -0.39 is 0 Å². The quantitative estimate of drug-likeness (QED) is 0.117. The molecule has 0 aliphatic carbocycles. The van der Waals surface area contributed by atoms with Gasteiger partial charge in [0.15, 0.2) is 0 Å². The van der Waals surface area contributed by atoms with Crippen LogP contribution in [-0.2, 0) is 42.8 Å². The van der Waals surface area contributed by atoms with E-state index in [1.54, 1.807) is 6.92 Å². The Hall–Kier alpha value is -1.47. The average molecular weight is 563 g/mol. The van der Waals surface area contributed by atoms with E-state index in [0.717, 1.165) is 32.1 Å². The van der Waals surface area contributed by atoms with E-state index in [2.05, 4.69) is 5.32 Å². The molecule has 0 radical (unpaired) electrons. The maximum absolute atomic E-state index is 12.0.